The quantitative estimate of drug-likeness (QED) is 0.759. The molecule has 0 amide bonds. The first-order valence-electron chi connectivity index (χ1n) is 8.19. The summed E-state index contributed by atoms with van der Waals surface area (Å²) in [5, 5.41) is 14.2. The maximum atomic E-state index is 9.90. The second-order valence-corrected chi connectivity index (χ2v) is 8.11. The van der Waals surface area contributed by atoms with E-state index in [0.717, 1.165) is 13.0 Å². The third-order valence-corrected chi connectivity index (χ3v) is 6.44. The van der Waals surface area contributed by atoms with E-state index < -0.39 is 0 Å². The van der Waals surface area contributed by atoms with Gasteiger partial charge in [0.1, 0.15) is 0 Å². The highest BCUT2D eigenvalue weighted by molar-refractivity contribution is 7.99. The van der Waals surface area contributed by atoms with Gasteiger partial charge in [-0.2, -0.15) is 11.8 Å². The molecule has 4 heteroatoms. The summed E-state index contributed by atoms with van der Waals surface area (Å²) in [6.07, 6.45) is 6.47. The van der Waals surface area contributed by atoms with E-state index in [0.29, 0.717) is 23.3 Å². The Morgan fingerprint density at radius 3 is 2.80 bits per heavy atom. The number of rotatable bonds is 7. The second kappa shape index (κ2) is 7.48. The van der Waals surface area contributed by atoms with Crippen LogP contribution in [0.5, 0.6) is 0 Å². The largest absolute Gasteiger partial charge is 0.394 e. The van der Waals surface area contributed by atoms with Gasteiger partial charge in [-0.15, -0.1) is 0 Å². The summed E-state index contributed by atoms with van der Waals surface area (Å²) in [4.78, 5) is 0. The molecule has 0 aromatic carbocycles. The molecule has 118 valence electrons. The highest BCUT2D eigenvalue weighted by atomic mass is 32.2. The van der Waals surface area contributed by atoms with Crippen molar-refractivity contribution in [2.75, 3.05) is 19.0 Å². The number of ether oxygens (including phenoxy) is 1. The highest BCUT2D eigenvalue weighted by Gasteiger charge is 2.42. The van der Waals surface area contributed by atoms with Crippen molar-refractivity contribution < 1.29 is 9.84 Å². The van der Waals surface area contributed by atoms with Crippen molar-refractivity contribution in [1.82, 2.24) is 5.32 Å². The van der Waals surface area contributed by atoms with Crippen LogP contribution in [-0.4, -0.2) is 47.0 Å². The van der Waals surface area contributed by atoms with E-state index in [4.69, 9.17) is 4.74 Å². The van der Waals surface area contributed by atoms with E-state index in [1.165, 1.54) is 31.4 Å². The first kappa shape index (κ1) is 16.6. The fourth-order valence-electron chi connectivity index (χ4n) is 3.88. The minimum atomic E-state index is -0.0213. The molecule has 0 radical (unpaired) electrons. The summed E-state index contributed by atoms with van der Waals surface area (Å²) in [5.74, 6) is 1.82. The number of aliphatic hydroxyl groups excluding tert-OH is 1. The van der Waals surface area contributed by atoms with E-state index in [2.05, 4.69) is 37.8 Å². The molecule has 0 spiro atoms. The first-order chi connectivity index (χ1) is 9.57. The summed E-state index contributed by atoms with van der Waals surface area (Å²) in [6, 6.07) is 0.443. The van der Waals surface area contributed by atoms with Crippen molar-refractivity contribution in [3.8, 4) is 0 Å². The van der Waals surface area contributed by atoms with Crippen LogP contribution in [0.2, 0.25) is 0 Å². The maximum absolute atomic E-state index is 9.90. The van der Waals surface area contributed by atoms with Gasteiger partial charge in [0.2, 0.25) is 0 Å². The van der Waals surface area contributed by atoms with Gasteiger partial charge in [0.05, 0.1) is 12.7 Å². The Kier molecular flexibility index (Phi) is 6.21. The van der Waals surface area contributed by atoms with Crippen molar-refractivity contribution in [1.29, 1.82) is 0 Å². The molecule has 1 aliphatic heterocycles. The standard InChI is InChI=1S/C16H31NO2S/c1-12(2)17-16(11-18)8-4-5-14(16)7-10-20-15-6-9-19-13(15)3/h12-15,17-18H,4-11H2,1-3H3. The Morgan fingerprint density at radius 2 is 2.20 bits per heavy atom. The monoisotopic (exact) mass is 301 g/mol. The number of nitrogens with one attached hydrogen (secondary N) is 1. The molecule has 1 saturated carbocycles. The van der Waals surface area contributed by atoms with Crippen molar-refractivity contribution in [3.63, 3.8) is 0 Å². The smallest absolute Gasteiger partial charge is 0.0666 e. The molecule has 1 heterocycles. The Labute approximate surface area is 128 Å². The zero-order valence-electron chi connectivity index (χ0n) is 13.2. The molecule has 2 fully saturated rings. The van der Waals surface area contributed by atoms with Crippen molar-refractivity contribution >= 4 is 11.8 Å². The van der Waals surface area contributed by atoms with Crippen LogP contribution in [0.3, 0.4) is 0 Å². The second-order valence-electron chi connectivity index (χ2n) is 6.76. The topological polar surface area (TPSA) is 41.5 Å². The molecule has 20 heavy (non-hydrogen) atoms. The summed E-state index contributed by atoms with van der Waals surface area (Å²) in [6.45, 7) is 7.76. The molecule has 4 atom stereocenters. The number of aliphatic hydroxyl groups is 1. The molecule has 3 nitrogen and oxygen atoms in total. The highest BCUT2D eigenvalue weighted by Crippen LogP contribution is 2.39. The van der Waals surface area contributed by atoms with Crippen molar-refractivity contribution in [2.24, 2.45) is 5.92 Å². The van der Waals surface area contributed by atoms with Gasteiger partial charge >= 0.3 is 0 Å². The van der Waals surface area contributed by atoms with E-state index in [1.807, 2.05) is 0 Å². The number of hydrogen-bond donors (Lipinski definition) is 2. The lowest BCUT2D eigenvalue weighted by atomic mass is 9.85. The van der Waals surface area contributed by atoms with E-state index in [-0.39, 0.29) is 12.1 Å². The molecule has 4 unspecified atom stereocenters. The number of thioether (sulfide) groups is 1. The van der Waals surface area contributed by atoms with Gasteiger partial charge < -0.3 is 15.2 Å². The maximum Gasteiger partial charge on any atom is 0.0666 e. The van der Waals surface area contributed by atoms with Gasteiger partial charge in [-0.25, -0.2) is 0 Å². The third-order valence-electron chi connectivity index (χ3n) is 4.92. The molecule has 0 aromatic heterocycles. The van der Waals surface area contributed by atoms with Crippen LogP contribution < -0.4 is 5.32 Å². The van der Waals surface area contributed by atoms with E-state index in [1.54, 1.807) is 0 Å². The van der Waals surface area contributed by atoms with Crippen LogP contribution in [0.25, 0.3) is 0 Å². The zero-order chi connectivity index (χ0) is 14.6. The lowest BCUT2D eigenvalue weighted by Gasteiger charge is -2.37. The lowest BCUT2D eigenvalue weighted by molar-refractivity contribution is 0.113. The van der Waals surface area contributed by atoms with Gasteiger partial charge in [0, 0.05) is 23.4 Å². The summed E-state index contributed by atoms with van der Waals surface area (Å²) >= 11 is 2.07. The normalized spacial score (nSPS) is 38.0. The van der Waals surface area contributed by atoms with Crippen molar-refractivity contribution in [3.05, 3.63) is 0 Å². The Bertz CT molecular complexity index is 300. The van der Waals surface area contributed by atoms with Gasteiger partial charge in [-0.05, 0) is 44.3 Å². The van der Waals surface area contributed by atoms with Crippen LogP contribution in [0, 0.1) is 5.92 Å². The predicted molar refractivity (Wildman–Crippen MR) is 86.3 cm³/mol. The molecular formula is C16H31NO2S. The van der Waals surface area contributed by atoms with E-state index >= 15 is 0 Å². The van der Waals surface area contributed by atoms with Gasteiger partial charge in [0.15, 0.2) is 0 Å². The fourth-order valence-corrected chi connectivity index (χ4v) is 5.21. The molecule has 0 aromatic rings. The molecule has 0 bridgehead atoms. The lowest BCUT2D eigenvalue weighted by Crippen LogP contribution is -2.54. The Balaban J connectivity index is 1.81. The van der Waals surface area contributed by atoms with Crippen LogP contribution in [-0.2, 0) is 4.74 Å². The summed E-state index contributed by atoms with van der Waals surface area (Å²) in [5.41, 5.74) is -0.0213. The fraction of sp³-hybridized carbons (Fsp3) is 1.00. The van der Waals surface area contributed by atoms with Gasteiger partial charge in [0.25, 0.3) is 0 Å². The SMILES string of the molecule is CC(C)NC1(CO)CCCC1CCSC1CCOC1C. The Morgan fingerprint density at radius 1 is 1.40 bits per heavy atom. The van der Waals surface area contributed by atoms with Crippen LogP contribution in [0.1, 0.15) is 52.9 Å². The average molecular weight is 301 g/mol. The summed E-state index contributed by atoms with van der Waals surface area (Å²) in [7, 11) is 0. The minimum absolute atomic E-state index is 0.0213. The molecular weight excluding hydrogens is 270 g/mol. The molecule has 2 rings (SSSR count). The van der Waals surface area contributed by atoms with E-state index in [9.17, 15) is 5.11 Å². The van der Waals surface area contributed by atoms with Crippen LogP contribution in [0.15, 0.2) is 0 Å². The van der Waals surface area contributed by atoms with Crippen LogP contribution in [0.4, 0.5) is 0 Å². The third kappa shape index (κ3) is 3.90. The zero-order valence-corrected chi connectivity index (χ0v) is 14.0. The minimum Gasteiger partial charge on any atom is -0.394 e. The molecule has 1 saturated heterocycles. The number of hydrogen-bond acceptors (Lipinski definition) is 4. The molecule has 1 aliphatic carbocycles. The van der Waals surface area contributed by atoms with Crippen LogP contribution >= 0.6 is 11.8 Å². The Hall–Kier alpha value is 0.230. The first-order valence-corrected chi connectivity index (χ1v) is 9.24. The van der Waals surface area contributed by atoms with Gasteiger partial charge in [-0.1, -0.05) is 20.3 Å². The molecule has 2 aliphatic rings. The van der Waals surface area contributed by atoms with Gasteiger partial charge in [-0.3, -0.25) is 0 Å². The van der Waals surface area contributed by atoms with Crippen molar-refractivity contribution in [2.45, 2.75) is 75.8 Å². The predicted octanol–water partition coefficient (Wildman–Crippen LogP) is 2.82. The summed E-state index contributed by atoms with van der Waals surface area (Å²) < 4.78 is 5.63. The average Bonchev–Trinajstić information content (AvgIpc) is 2.97. The molecule has 2 N–H and O–H groups in total.